The SMILES string of the molecule is CCCCCCCCCCCCC(CCCCCCCC(=O)NCC(=O)O)OC(=O)CCCCCCCCCCC. The summed E-state index contributed by atoms with van der Waals surface area (Å²) in [5, 5.41) is 11.0. The fourth-order valence-corrected chi connectivity index (χ4v) is 5.40. The lowest BCUT2D eigenvalue weighted by atomic mass is 10.0. The zero-order valence-corrected chi connectivity index (χ0v) is 27.2. The lowest BCUT2D eigenvalue weighted by Crippen LogP contribution is -2.28. The molecule has 242 valence electrons. The van der Waals surface area contributed by atoms with Gasteiger partial charge in [0.2, 0.25) is 5.91 Å². The fourth-order valence-electron chi connectivity index (χ4n) is 5.40. The predicted molar refractivity (Wildman–Crippen MR) is 171 cm³/mol. The molecule has 0 aromatic rings. The smallest absolute Gasteiger partial charge is 0.322 e. The Labute approximate surface area is 253 Å². The van der Waals surface area contributed by atoms with E-state index in [1.54, 1.807) is 0 Å². The molecule has 0 radical (unpaired) electrons. The van der Waals surface area contributed by atoms with Gasteiger partial charge in [-0.3, -0.25) is 14.4 Å². The number of esters is 1. The van der Waals surface area contributed by atoms with Gasteiger partial charge in [0.05, 0.1) is 0 Å². The van der Waals surface area contributed by atoms with E-state index in [9.17, 15) is 14.4 Å². The molecule has 0 saturated carbocycles. The van der Waals surface area contributed by atoms with E-state index in [4.69, 9.17) is 9.84 Å². The Balaban J connectivity index is 4.15. The molecule has 1 atom stereocenters. The van der Waals surface area contributed by atoms with E-state index in [1.807, 2.05) is 0 Å². The van der Waals surface area contributed by atoms with E-state index in [-0.39, 0.29) is 24.5 Å². The van der Waals surface area contributed by atoms with Crippen LogP contribution >= 0.6 is 0 Å². The maximum atomic E-state index is 12.6. The topological polar surface area (TPSA) is 92.7 Å². The molecule has 6 heteroatoms. The number of hydrogen-bond donors (Lipinski definition) is 2. The van der Waals surface area contributed by atoms with E-state index in [1.165, 1.54) is 103 Å². The van der Waals surface area contributed by atoms with E-state index < -0.39 is 5.97 Å². The van der Waals surface area contributed by atoms with Crippen LogP contribution in [0.4, 0.5) is 0 Å². The molecular weight excluding hydrogens is 514 g/mol. The number of carboxylic acids is 1. The minimum atomic E-state index is -1.01. The molecule has 0 spiro atoms. The second-order valence-electron chi connectivity index (χ2n) is 12.1. The van der Waals surface area contributed by atoms with Crippen LogP contribution in [0, 0.1) is 0 Å². The van der Waals surface area contributed by atoms with Crippen LogP contribution in [0.3, 0.4) is 0 Å². The number of nitrogens with one attached hydrogen (secondary N) is 1. The van der Waals surface area contributed by atoms with Gasteiger partial charge < -0.3 is 15.2 Å². The molecule has 0 fully saturated rings. The van der Waals surface area contributed by atoms with Gasteiger partial charge in [-0.25, -0.2) is 0 Å². The molecular formula is C35H67NO5. The second-order valence-corrected chi connectivity index (χ2v) is 12.1. The van der Waals surface area contributed by atoms with E-state index >= 15 is 0 Å². The summed E-state index contributed by atoms with van der Waals surface area (Å²) in [7, 11) is 0. The van der Waals surface area contributed by atoms with Crippen LogP contribution in [0.5, 0.6) is 0 Å². The summed E-state index contributed by atoms with van der Waals surface area (Å²) in [6.45, 7) is 4.20. The molecule has 0 saturated heterocycles. The lowest BCUT2D eigenvalue weighted by Gasteiger charge is -2.18. The van der Waals surface area contributed by atoms with Gasteiger partial charge in [-0.15, -0.1) is 0 Å². The number of amides is 1. The number of carbonyl (C=O) groups is 3. The second kappa shape index (κ2) is 31.3. The van der Waals surface area contributed by atoms with Crippen LogP contribution in [0.1, 0.15) is 194 Å². The Bertz CT molecular complexity index is 609. The summed E-state index contributed by atoms with van der Waals surface area (Å²) < 4.78 is 5.97. The normalized spacial score (nSPS) is 11.9. The van der Waals surface area contributed by atoms with Crippen molar-refractivity contribution in [2.75, 3.05) is 6.54 Å². The molecule has 41 heavy (non-hydrogen) atoms. The van der Waals surface area contributed by atoms with Crippen molar-refractivity contribution in [3.8, 4) is 0 Å². The molecule has 2 N–H and O–H groups in total. The molecule has 0 heterocycles. The van der Waals surface area contributed by atoms with Crippen molar-refractivity contribution in [3.05, 3.63) is 0 Å². The number of carbonyl (C=O) groups excluding carboxylic acids is 2. The highest BCUT2D eigenvalue weighted by molar-refractivity contribution is 5.80. The van der Waals surface area contributed by atoms with Crippen molar-refractivity contribution in [2.24, 2.45) is 0 Å². The van der Waals surface area contributed by atoms with Gasteiger partial charge in [-0.2, -0.15) is 0 Å². The summed E-state index contributed by atoms with van der Waals surface area (Å²) in [4.78, 5) is 34.7. The maximum absolute atomic E-state index is 12.6. The van der Waals surface area contributed by atoms with Crippen LogP contribution in [0.15, 0.2) is 0 Å². The third kappa shape index (κ3) is 31.2. The zero-order chi connectivity index (χ0) is 30.2. The van der Waals surface area contributed by atoms with Gasteiger partial charge in [0.1, 0.15) is 12.6 Å². The highest BCUT2D eigenvalue weighted by atomic mass is 16.5. The van der Waals surface area contributed by atoms with Crippen LogP contribution in [0.25, 0.3) is 0 Å². The number of carboxylic acid groups (broad SMARTS) is 1. The number of rotatable bonds is 32. The molecule has 0 bridgehead atoms. The largest absolute Gasteiger partial charge is 0.480 e. The van der Waals surface area contributed by atoms with Crippen molar-refractivity contribution in [2.45, 2.75) is 200 Å². The Morgan fingerprint density at radius 1 is 0.537 bits per heavy atom. The fraction of sp³-hybridized carbons (Fsp3) is 0.914. The van der Waals surface area contributed by atoms with E-state index in [2.05, 4.69) is 19.2 Å². The first kappa shape index (κ1) is 39.4. The van der Waals surface area contributed by atoms with Crippen LogP contribution in [0.2, 0.25) is 0 Å². The summed E-state index contributed by atoms with van der Waals surface area (Å²) in [5.41, 5.74) is 0. The maximum Gasteiger partial charge on any atom is 0.322 e. The molecule has 0 aromatic heterocycles. The monoisotopic (exact) mass is 582 g/mol. The summed E-state index contributed by atoms with van der Waals surface area (Å²) in [6, 6.07) is 0. The number of hydrogen-bond acceptors (Lipinski definition) is 4. The highest BCUT2D eigenvalue weighted by Gasteiger charge is 2.14. The van der Waals surface area contributed by atoms with Crippen LogP contribution in [-0.2, 0) is 19.1 Å². The quantitative estimate of drug-likeness (QED) is 0.0609. The Kier molecular flexibility index (Phi) is 30.1. The molecule has 6 nitrogen and oxygen atoms in total. The summed E-state index contributed by atoms with van der Waals surface area (Å²) in [5.74, 6) is -1.22. The molecule has 0 rings (SSSR count). The van der Waals surface area contributed by atoms with Crippen molar-refractivity contribution in [3.63, 3.8) is 0 Å². The van der Waals surface area contributed by atoms with Gasteiger partial charge in [-0.05, 0) is 38.5 Å². The van der Waals surface area contributed by atoms with E-state index in [0.717, 1.165) is 64.2 Å². The highest BCUT2D eigenvalue weighted by Crippen LogP contribution is 2.19. The lowest BCUT2D eigenvalue weighted by molar-refractivity contribution is -0.150. The van der Waals surface area contributed by atoms with Gasteiger partial charge in [0.15, 0.2) is 0 Å². The number of unbranched alkanes of at least 4 members (excludes halogenated alkanes) is 21. The van der Waals surface area contributed by atoms with Gasteiger partial charge in [-0.1, -0.05) is 142 Å². The molecule has 0 aromatic carbocycles. The summed E-state index contributed by atoms with van der Waals surface area (Å²) in [6.07, 6.45) is 32.1. The third-order valence-corrected chi connectivity index (χ3v) is 8.03. The van der Waals surface area contributed by atoms with Gasteiger partial charge in [0, 0.05) is 12.8 Å². The summed E-state index contributed by atoms with van der Waals surface area (Å²) >= 11 is 0. The third-order valence-electron chi connectivity index (χ3n) is 8.03. The minimum absolute atomic E-state index is 0.0163. The molecule has 1 amide bonds. The molecule has 0 aliphatic rings. The number of aliphatic carboxylic acids is 1. The average Bonchev–Trinajstić information content (AvgIpc) is 2.95. The van der Waals surface area contributed by atoms with Crippen molar-refractivity contribution in [1.82, 2.24) is 5.32 Å². The minimum Gasteiger partial charge on any atom is -0.480 e. The Morgan fingerprint density at radius 2 is 0.902 bits per heavy atom. The first-order valence-electron chi connectivity index (χ1n) is 17.7. The Morgan fingerprint density at radius 3 is 1.32 bits per heavy atom. The number of ether oxygens (including phenoxy) is 1. The molecule has 0 aliphatic carbocycles. The average molecular weight is 582 g/mol. The zero-order valence-electron chi connectivity index (χ0n) is 27.2. The predicted octanol–water partition coefficient (Wildman–Crippen LogP) is 10.1. The van der Waals surface area contributed by atoms with Crippen LogP contribution < -0.4 is 5.32 Å². The first-order chi connectivity index (χ1) is 20.0. The van der Waals surface area contributed by atoms with E-state index in [0.29, 0.717) is 12.8 Å². The van der Waals surface area contributed by atoms with Crippen LogP contribution in [-0.4, -0.2) is 35.6 Å². The van der Waals surface area contributed by atoms with Crippen molar-refractivity contribution < 1.29 is 24.2 Å². The van der Waals surface area contributed by atoms with Gasteiger partial charge in [0.25, 0.3) is 0 Å². The Hall–Kier alpha value is -1.59. The standard InChI is InChI=1S/C35H67NO5/c1-3-5-7-9-11-13-15-16-19-23-27-32(28-24-20-18-21-25-29-33(37)36-31-34(38)39)41-35(40)30-26-22-17-14-12-10-8-6-4-2/h32H,3-31H2,1-2H3,(H,36,37)(H,38,39). The molecule has 1 unspecified atom stereocenters. The van der Waals surface area contributed by atoms with Gasteiger partial charge >= 0.3 is 11.9 Å². The van der Waals surface area contributed by atoms with Crippen molar-refractivity contribution >= 4 is 17.8 Å². The first-order valence-corrected chi connectivity index (χ1v) is 17.7. The van der Waals surface area contributed by atoms with Crippen molar-refractivity contribution in [1.29, 1.82) is 0 Å². The molecule has 0 aliphatic heterocycles.